The fraction of sp³-hybridized carbons (Fsp3) is 0.364. The van der Waals surface area contributed by atoms with E-state index in [2.05, 4.69) is 22.5 Å². The van der Waals surface area contributed by atoms with Crippen molar-refractivity contribution >= 4 is 40.1 Å². The molecular weight excluding hydrogens is 409 g/mol. The number of rotatable bonds is 5. The third-order valence-corrected chi connectivity index (χ3v) is 6.03. The van der Waals surface area contributed by atoms with Crippen LogP contribution in [-0.4, -0.2) is 40.1 Å². The second-order valence-electron chi connectivity index (χ2n) is 7.45. The summed E-state index contributed by atoms with van der Waals surface area (Å²) in [7, 11) is 0. The number of amides is 1. The molecule has 0 atom stereocenters. The molecular formula is C22H23Cl2N3O2. The van der Waals surface area contributed by atoms with Crippen LogP contribution in [0.15, 0.2) is 42.5 Å². The molecule has 0 aliphatic carbocycles. The molecule has 4 rings (SSSR count). The maximum atomic E-state index is 12.5. The Balaban J connectivity index is 1.31. The van der Waals surface area contributed by atoms with Gasteiger partial charge in [0.05, 0.1) is 16.1 Å². The smallest absolute Gasteiger partial charge is 0.260 e. The number of ether oxygens (including phenoxy) is 1. The van der Waals surface area contributed by atoms with E-state index in [1.54, 1.807) is 18.2 Å². The quantitative estimate of drug-likeness (QED) is 0.572. The van der Waals surface area contributed by atoms with Crippen molar-refractivity contribution in [2.24, 2.45) is 5.92 Å². The number of nitrogens with zero attached hydrogens (tertiary/aromatic N) is 3. The van der Waals surface area contributed by atoms with Crippen molar-refractivity contribution < 1.29 is 9.53 Å². The molecule has 0 spiro atoms. The van der Waals surface area contributed by atoms with E-state index in [-0.39, 0.29) is 12.5 Å². The first-order valence-corrected chi connectivity index (χ1v) is 10.5. The Morgan fingerprint density at radius 1 is 1.17 bits per heavy atom. The fourth-order valence-electron chi connectivity index (χ4n) is 3.87. The largest absolute Gasteiger partial charge is 0.482 e. The molecule has 1 amide bonds. The summed E-state index contributed by atoms with van der Waals surface area (Å²) in [6.45, 7) is 4.46. The van der Waals surface area contributed by atoms with E-state index in [9.17, 15) is 4.79 Å². The number of fused-ring (bicyclic) bond motifs is 1. The molecule has 0 radical (unpaired) electrons. The molecule has 1 saturated heterocycles. The summed E-state index contributed by atoms with van der Waals surface area (Å²) in [5.41, 5.74) is 2.22. The molecule has 1 fully saturated rings. The molecule has 5 nitrogen and oxygen atoms in total. The predicted molar refractivity (Wildman–Crippen MR) is 116 cm³/mol. The van der Waals surface area contributed by atoms with Crippen LogP contribution in [0.5, 0.6) is 5.75 Å². The highest BCUT2D eigenvalue weighted by atomic mass is 35.5. The van der Waals surface area contributed by atoms with Gasteiger partial charge in [-0.15, -0.1) is 0 Å². The van der Waals surface area contributed by atoms with Gasteiger partial charge in [0.15, 0.2) is 6.61 Å². The number of piperidine rings is 1. The van der Waals surface area contributed by atoms with E-state index in [0.29, 0.717) is 21.7 Å². The predicted octanol–water partition coefficient (Wildman–Crippen LogP) is 4.97. The summed E-state index contributed by atoms with van der Waals surface area (Å²) < 4.78 is 7.88. The number of para-hydroxylation sites is 2. The summed E-state index contributed by atoms with van der Waals surface area (Å²) in [6, 6.07) is 13.2. The lowest BCUT2D eigenvalue weighted by atomic mass is 9.96. The molecule has 152 valence electrons. The Morgan fingerprint density at radius 3 is 2.69 bits per heavy atom. The molecule has 29 heavy (non-hydrogen) atoms. The second kappa shape index (κ2) is 8.64. The normalized spacial score (nSPS) is 15.1. The zero-order valence-corrected chi connectivity index (χ0v) is 17.8. The van der Waals surface area contributed by atoms with Crippen LogP contribution in [0.2, 0.25) is 10.0 Å². The van der Waals surface area contributed by atoms with E-state index in [1.807, 2.05) is 23.1 Å². The SMILES string of the molecule is Cc1nc2ccccc2n1CC1CCN(C(=O)COc2ccc(Cl)cc2Cl)CC1. The average molecular weight is 432 g/mol. The van der Waals surface area contributed by atoms with Gasteiger partial charge in [0.25, 0.3) is 5.91 Å². The third kappa shape index (κ3) is 4.51. The monoisotopic (exact) mass is 431 g/mol. The maximum Gasteiger partial charge on any atom is 0.260 e. The first kappa shape index (κ1) is 20.0. The van der Waals surface area contributed by atoms with E-state index >= 15 is 0 Å². The number of aromatic nitrogens is 2. The molecule has 0 saturated carbocycles. The standard InChI is InChI=1S/C22H23Cl2N3O2/c1-15-25-19-4-2-3-5-20(19)27(15)13-16-8-10-26(11-9-16)22(28)14-29-21-7-6-17(23)12-18(21)24/h2-7,12,16H,8-11,13-14H2,1H3. The van der Waals surface area contributed by atoms with E-state index in [4.69, 9.17) is 27.9 Å². The highest BCUT2D eigenvalue weighted by molar-refractivity contribution is 6.35. The molecule has 1 aliphatic heterocycles. The molecule has 0 bridgehead atoms. The van der Waals surface area contributed by atoms with E-state index in [0.717, 1.165) is 43.8 Å². The van der Waals surface area contributed by atoms with Crippen molar-refractivity contribution in [2.45, 2.75) is 26.3 Å². The third-order valence-electron chi connectivity index (χ3n) is 5.50. The highest BCUT2D eigenvalue weighted by Gasteiger charge is 2.24. The maximum absolute atomic E-state index is 12.5. The summed E-state index contributed by atoms with van der Waals surface area (Å²) in [6.07, 6.45) is 1.94. The van der Waals surface area contributed by atoms with Gasteiger partial charge < -0.3 is 14.2 Å². The van der Waals surface area contributed by atoms with Crippen molar-refractivity contribution in [3.8, 4) is 5.75 Å². The Hall–Kier alpha value is -2.24. The molecule has 7 heteroatoms. The van der Waals surface area contributed by atoms with Crippen molar-refractivity contribution in [3.63, 3.8) is 0 Å². The van der Waals surface area contributed by atoms with E-state index < -0.39 is 0 Å². The average Bonchev–Trinajstić information content (AvgIpc) is 3.03. The van der Waals surface area contributed by atoms with Gasteiger partial charge in [-0.2, -0.15) is 0 Å². The summed E-state index contributed by atoms with van der Waals surface area (Å²) >= 11 is 12.0. The summed E-state index contributed by atoms with van der Waals surface area (Å²) in [5.74, 6) is 2.03. The number of imidazole rings is 1. The van der Waals surface area contributed by atoms with Crippen LogP contribution in [-0.2, 0) is 11.3 Å². The lowest BCUT2D eigenvalue weighted by Gasteiger charge is -2.32. The number of hydrogen-bond acceptors (Lipinski definition) is 3. The molecule has 0 unspecified atom stereocenters. The number of carbonyl (C=O) groups excluding carboxylic acids is 1. The lowest BCUT2D eigenvalue weighted by Crippen LogP contribution is -2.41. The minimum Gasteiger partial charge on any atom is -0.482 e. The lowest BCUT2D eigenvalue weighted by molar-refractivity contribution is -0.134. The summed E-state index contributed by atoms with van der Waals surface area (Å²) in [4.78, 5) is 19.0. The van der Waals surface area contributed by atoms with Crippen molar-refractivity contribution in [3.05, 3.63) is 58.3 Å². The van der Waals surface area contributed by atoms with Crippen LogP contribution < -0.4 is 4.74 Å². The first-order chi connectivity index (χ1) is 14.0. The first-order valence-electron chi connectivity index (χ1n) is 9.79. The highest BCUT2D eigenvalue weighted by Crippen LogP contribution is 2.28. The zero-order chi connectivity index (χ0) is 20.4. The van der Waals surface area contributed by atoms with Gasteiger partial charge in [0.1, 0.15) is 11.6 Å². The molecule has 1 aliphatic rings. The van der Waals surface area contributed by atoms with Crippen molar-refractivity contribution in [1.82, 2.24) is 14.5 Å². The number of aryl methyl sites for hydroxylation is 1. The number of halogens is 2. The Bertz CT molecular complexity index is 1030. The van der Waals surface area contributed by atoms with Crippen molar-refractivity contribution in [1.29, 1.82) is 0 Å². The van der Waals surface area contributed by atoms with Gasteiger partial charge in [-0.05, 0) is 56.0 Å². The molecule has 2 aromatic carbocycles. The molecule has 3 aromatic rings. The van der Waals surface area contributed by atoms with E-state index in [1.165, 1.54) is 5.52 Å². The Labute approximate surface area is 180 Å². The van der Waals surface area contributed by atoms with Gasteiger partial charge >= 0.3 is 0 Å². The fourth-order valence-corrected chi connectivity index (χ4v) is 4.34. The van der Waals surface area contributed by atoms with Crippen LogP contribution >= 0.6 is 23.2 Å². The zero-order valence-electron chi connectivity index (χ0n) is 16.3. The second-order valence-corrected chi connectivity index (χ2v) is 8.29. The van der Waals surface area contributed by atoms with Crippen LogP contribution in [0.25, 0.3) is 11.0 Å². The Kier molecular flexibility index (Phi) is 5.97. The summed E-state index contributed by atoms with van der Waals surface area (Å²) in [5, 5.41) is 0.948. The molecule has 2 heterocycles. The van der Waals surface area contributed by atoms with Crippen molar-refractivity contribution in [2.75, 3.05) is 19.7 Å². The van der Waals surface area contributed by atoms with Gasteiger partial charge in [0, 0.05) is 24.7 Å². The minimum absolute atomic E-state index is 0.0151. The van der Waals surface area contributed by atoms with Crippen LogP contribution in [0.1, 0.15) is 18.7 Å². The Morgan fingerprint density at radius 2 is 1.93 bits per heavy atom. The van der Waals surface area contributed by atoms with Crippen LogP contribution in [0.3, 0.4) is 0 Å². The van der Waals surface area contributed by atoms with Gasteiger partial charge in [-0.3, -0.25) is 4.79 Å². The van der Waals surface area contributed by atoms with Gasteiger partial charge in [-0.25, -0.2) is 4.98 Å². The molecule has 0 N–H and O–H groups in total. The van der Waals surface area contributed by atoms with Gasteiger partial charge in [-0.1, -0.05) is 35.3 Å². The topological polar surface area (TPSA) is 47.4 Å². The number of hydrogen-bond donors (Lipinski definition) is 0. The van der Waals surface area contributed by atoms with Crippen LogP contribution in [0.4, 0.5) is 0 Å². The minimum atomic E-state index is -0.0166. The number of carbonyl (C=O) groups is 1. The number of likely N-dealkylation sites (tertiary alicyclic amines) is 1. The van der Waals surface area contributed by atoms with Crippen LogP contribution in [0, 0.1) is 12.8 Å². The molecule has 1 aromatic heterocycles. The number of benzene rings is 2. The van der Waals surface area contributed by atoms with Gasteiger partial charge in [0.2, 0.25) is 0 Å².